The maximum Gasteiger partial charge on any atom is 0.405 e. The monoisotopic (exact) mass is 209 g/mol. The number of alkyl halides is 1. The molecule has 1 fully saturated rings. The Hall–Kier alpha value is -0.290. The van der Waals surface area contributed by atoms with E-state index in [-0.39, 0.29) is 12.1 Å². The Bertz CT molecular complexity index is 139. The Morgan fingerprint density at radius 2 is 2.60 bits per heavy atom. The molecule has 0 aromatic carbocycles. The van der Waals surface area contributed by atoms with Crippen LogP contribution in [0.1, 0.15) is 0 Å². The van der Waals surface area contributed by atoms with Crippen molar-refractivity contribution in [1.29, 1.82) is 0 Å². The van der Waals surface area contributed by atoms with E-state index in [1.54, 1.807) is 0 Å². The van der Waals surface area contributed by atoms with Crippen LogP contribution in [0.4, 0.5) is 4.79 Å². The van der Waals surface area contributed by atoms with Gasteiger partial charge in [-0.25, -0.2) is 4.79 Å². The van der Waals surface area contributed by atoms with Crippen molar-refractivity contribution < 1.29 is 14.6 Å². The van der Waals surface area contributed by atoms with Gasteiger partial charge in [0, 0.05) is 5.33 Å². The van der Waals surface area contributed by atoms with Gasteiger partial charge in [-0.15, -0.1) is 0 Å². The van der Waals surface area contributed by atoms with Crippen molar-refractivity contribution in [3.8, 4) is 0 Å². The van der Waals surface area contributed by atoms with Gasteiger partial charge >= 0.3 is 6.09 Å². The molecule has 1 unspecified atom stereocenters. The number of ether oxygens (including phenoxy) is 1. The topological polar surface area (TPSA) is 58.6 Å². The minimum atomic E-state index is -0.987. The second kappa shape index (κ2) is 3.21. The standard InChI is InChI=1S/C5H8BrNO3/c6-1-4-3(2-10-4)7-5(8)9/h3-4,7H,1-2H2,(H,8,9)/t3-,4?/m0/s1. The summed E-state index contributed by atoms with van der Waals surface area (Å²) in [6.07, 6.45) is -0.977. The van der Waals surface area contributed by atoms with Crippen molar-refractivity contribution >= 4 is 22.0 Å². The van der Waals surface area contributed by atoms with Gasteiger partial charge in [0.25, 0.3) is 0 Å². The molecule has 0 radical (unpaired) electrons. The largest absolute Gasteiger partial charge is 0.465 e. The summed E-state index contributed by atoms with van der Waals surface area (Å²) in [6, 6.07) is -0.0307. The van der Waals surface area contributed by atoms with Gasteiger partial charge in [-0.2, -0.15) is 0 Å². The second-order valence-electron chi connectivity index (χ2n) is 2.08. The van der Waals surface area contributed by atoms with Gasteiger partial charge in [0.2, 0.25) is 0 Å². The highest BCUT2D eigenvalue weighted by Gasteiger charge is 2.32. The average Bonchev–Trinajstić information content (AvgIpc) is 1.82. The van der Waals surface area contributed by atoms with Gasteiger partial charge < -0.3 is 15.2 Å². The highest BCUT2D eigenvalue weighted by atomic mass is 79.9. The molecule has 1 rings (SSSR count). The summed E-state index contributed by atoms with van der Waals surface area (Å²) in [4.78, 5) is 10.1. The Kier molecular flexibility index (Phi) is 2.50. The molecular formula is C5H8BrNO3. The normalized spacial score (nSPS) is 30.9. The number of halogens is 1. The third-order valence-corrected chi connectivity index (χ3v) is 2.04. The summed E-state index contributed by atoms with van der Waals surface area (Å²) in [7, 11) is 0. The van der Waals surface area contributed by atoms with Gasteiger partial charge in [0.15, 0.2) is 0 Å². The number of nitrogens with one attached hydrogen (secondary N) is 1. The van der Waals surface area contributed by atoms with Crippen molar-refractivity contribution in [2.75, 3.05) is 11.9 Å². The van der Waals surface area contributed by atoms with E-state index >= 15 is 0 Å². The number of amides is 1. The Balaban J connectivity index is 2.23. The van der Waals surface area contributed by atoms with Crippen molar-refractivity contribution in [2.45, 2.75) is 12.1 Å². The molecule has 5 heteroatoms. The van der Waals surface area contributed by atoms with Crippen LogP contribution >= 0.6 is 15.9 Å². The number of rotatable bonds is 2. The molecule has 0 aromatic rings. The fraction of sp³-hybridized carbons (Fsp3) is 0.800. The third-order valence-electron chi connectivity index (χ3n) is 1.40. The molecule has 1 heterocycles. The zero-order valence-corrected chi connectivity index (χ0v) is 6.80. The van der Waals surface area contributed by atoms with Crippen LogP contribution in [0.15, 0.2) is 0 Å². The van der Waals surface area contributed by atoms with Crippen molar-refractivity contribution in [2.24, 2.45) is 0 Å². The van der Waals surface area contributed by atoms with Gasteiger partial charge in [-0.3, -0.25) is 0 Å². The highest BCUT2D eigenvalue weighted by Crippen LogP contribution is 2.14. The van der Waals surface area contributed by atoms with Gasteiger partial charge in [-0.05, 0) is 0 Å². The van der Waals surface area contributed by atoms with Gasteiger partial charge in [0.1, 0.15) is 0 Å². The predicted octanol–water partition coefficient (Wildman–Crippen LogP) is 0.416. The number of carboxylic acid groups (broad SMARTS) is 1. The highest BCUT2D eigenvalue weighted by molar-refractivity contribution is 9.09. The van der Waals surface area contributed by atoms with Crippen LogP contribution in [0.25, 0.3) is 0 Å². The SMILES string of the molecule is O=C(O)N[C@H]1COC1CBr. The maximum atomic E-state index is 10.1. The quantitative estimate of drug-likeness (QED) is 0.649. The Morgan fingerprint density at radius 3 is 2.90 bits per heavy atom. The number of carbonyl (C=O) groups is 1. The molecule has 0 aromatic heterocycles. The lowest BCUT2D eigenvalue weighted by molar-refractivity contribution is -0.0685. The molecule has 1 aliphatic heterocycles. The fourth-order valence-corrected chi connectivity index (χ4v) is 1.41. The molecule has 1 amide bonds. The van der Waals surface area contributed by atoms with E-state index in [9.17, 15) is 4.79 Å². The summed E-state index contributed by atoms with van der Waals surface area (Å²) in [5.41, 5.74) is 0. The number of hydrogen-bond acceptors (Lipinski definition) is 2. The average molecular weight is 210 g/mol. The molecule has 2 atom stereocenters. The lowest BCUT2D eigenvalue weighted by Gasteiger charge is -2.35. The van der Waals surface area contributed by atoms with Crippen LogP contribution in [-0.4, -0.2) is 35.3 Å². The first-order valence-corrected chi connectivity index (χ1v) is 4.03. The first-order valence-electron chi connectivity index (χ1n) is 2.91. The summed E-state index contributed by atoms with van der Waals surface area (Å²) in [5.74, 6) is 0. The first kappa shape index (κ1) is 7.81. The van der Waals surface area contributed by atoms with E-state index in [0.717, 1.165) is 0 Å². The zero-order chi connectivity index (χ0) is 7.56. The molecule has 2 N–H and O–H groups in total. The van der Waals surface area contributed by atoms with E-state index in [2.05, 4.69) is 21.2 Å². The lowest BCUT2D eigenvalue weighted by Crippen LogP contribution is -2.56. The van der Waals surface area contributed by atoms with Crippen LogP contribution in [0.3, 0.4) is 0 Å². The summed E-state index contributed by atoms with van der Waals surface area (Å²) in [6.45, 7) is 0.489. The van der Waals surface area contributed by atoms with Crippen LogP contribution in [-0.2, 0) is 4.74 Å². The smallest absolute Gasteiger partial charge is 0.405 e. The molecule has 0 spiro atoms. The van der Waals surface area contributed by atoms with E-state index < -0.39 is 6.09 Å². The van der Waals surface area contributed by atoms with Crippen LogP contribution in [0.2, 0.25) is 0 Å². The molecule has 0 saturated carbocycles. The van der Waals surface area contributed by atoms with E-state index in [4.69, 9.17) is 9.84 Å². The maximum absolute atomic E-state index is 10.1. The van der Waals surface area contributed by atoms with E-state index in [0.29, 0.717) is 11.9 Å². The fourth-order valence-electron chi connectivity index (χ4n) is 0.774. The summed E-state index contributed by atoms with van der Waals surface area (Å²) >= 11 is 3.20. The number of hydrogen-bond donors (Lipinski definition) is 2. The predicted molar refractivity (Wildman–Crippen MR) is 38.5 cm³/mol. The van der Waals surface area contributed by atoms with Crippen LogP contribution in [0, 0.1) is 0 Å². The Labute approximate surface area is 66.7 Å². The molecule has 0 bridgehead atoms. The molecular weight excluding hydrogens is 202 g/mol. The summed E-state index contributed by atoms with van der Waals surface area (Å²) in [5, 5.41) is 11.3. The van der Waals surface area contributed by atoms with E-state index in [1.807, 2.05) is 0 Å². The molecule has 4 nitrogen and oxygen atoms in total. The van der Waals surface area contributed by atoms with Crippen LogP contribution in [0.5, 0.6) is 0 Å². The zero-order valence-electron chi connectivity index (χ0n) is 5.21. The van der Waals surface area contributed by atoms with Crippen molar-refractivity contribution in [1.82, 2.24) is 5.32 Å². The lowest BCUT2D eigenvalue weighted by atomic mass is 10.1. The van der Waals surface area contributed by atoms with Crippen LogP contribution < -0.4 is 5.32 Å². The Morgan fingerprint density at radius 1 is 1.90 bits per heavy atom. The molecule has 0 aliphatic carbocycles. The van der Waals surface area contributed by atoms with Crippen molar-refractivity contribution in [3.05, 3.63) is 0 Å². The molecule has 1 saturated heterocycles. The molecule has 58 valence electrons. The summed E-state index contributed by atoms with van der Waals surface area (Å²) < 4.78 is 5.02. The van der Waals surface area contributed by atoms with Gasteiger partial charge in [0.05, 0.1) is 18.8 Å². The minimum Gasteiger partial charge on any atom is -0.465 e. The molecule has 1 aliphatic rings. The minimum absolute atomic E-state index is 0.0103. The van der Waals surface area contributed by atoms with Gasteiger partial charge in [-0.1, -0.05) is 15.9 Å². The third kappa shape index (κ3) is 1.60. The van der Waals surface area contributed by atoms with Crippen molar-refractivity contribution in [3.63, 3.8) is 0 Å². The second-order valence-corrected chi connectivity index (χ2v) is 2.73. The first-order chi connectivity index (χ1) is 4.74. The van der Waals surface area contributed by atoms with E-state index in [1.165, 1.54) is 0 Å². The molecule has 10 heavy (non-hydrogen) atoms.